The van der Waals surface area contributed by atoms with Crippen molar-refractivity contribution in [2.75, 3.05) is 13.2 Å². The van der Waals surface area contributed by atoms with Crippen LogP contribution in [0.15, 0.2) is 24.3 Å². The number of esters is 1. The van der Waals surface area contributed by atoms with Gasteiger partial charge in [-0.05, 0) is 51.4 Å². The molecule has 1 amide bonds. The van der Waals surface area contributed by atoms with Crippen LogP contribution in [0.5, 0.6) is 0 Å². The summed E-state index contributed by atoms with van der Waals surface area (Å²) in [7, 11) is 0. The van der Waals surface area contributed by atoms with Crippen LogP contribution in [-0.2, 0) is 14.3 Å². The molecular formula is C56H107NO5. The molecule has 0 aliphatic heterocycles. The van der Waals surface area contributed by atoms with E-state index in [1.807, 2.05) is 6.08 Å². The summed E-state index contributed by atoms with van der Waals surface area (Å²) in [5.74, 6) is -0.160. The number of aliphatic hydroxyl groups is 2. The first-order valence-electron chi connectivity index (χ1n) is 27.6. The number of hydrogen-bond acceptors (Lipinski definition) is 5. The average molecular weight is 874 g/mol. The van der Waals surface area contributed by atoms with Gasteiger partial charge in [-0.2, -0.15) is 0 Å². The van der Waals surface area contributed by atoms with Gasteiger partial charge in [0.25, 0.3) is 0 Å². The third-order valence-electron chi connectivity index (χ3n) is 12.7. The second kappa shape index (κ2) is 52.0. The molecular weight excluding hydrogens is 767 g/mol. The summed E-state index contributed by atoms with van der Waals surface area (Å²) in [6, 6.07) is -0.665. The van der Waals surface area contributed by atoms with Crippen molar-refractivity contribution in [3.8, 4) is 0 Å². The van der Waals surface area contributed by atoms with Crippen LogP contribution >= 0.6 is 0 Å². The molecule has 0 bridgehead atoms. The third kappa shape index (κ3) is 47.8. The van der Waals surface area contributed by atoms with Gasteiger partial charge in [-0.1, -0.05) is 256 Å². The van der Waals surface area contributed by atoms with Gasteiger partial charge in [-0.15, -0.1) is 0 Å². The summed E-state index contributed by atoms with van der Waals surface area (Å²) in [5.41, 5.74) is 0. The molecule has 2 unspecified atom stereocenters. The topological polar surface area (TPSA) is 95.9 Å². The van der Waals surface area contributed by atoms with Crippen LogP contribution in [0, 0.1) is 0 Å². The summed E-state index contributed by atoms with van der Waals surface area (Å²) >= 11 is 0. The largest absolute Gasteiger partial charge is 0.466 e. The molecule has 0 fully saturated rings. The first kappa shape index (κ1) is 60.3. The van der Waals surface area contributed by atoms with Crippen LogP contribution in [0.25, 0.3) is 0 Å². The van der Waals surface area contributed by atoms with Gasteiger partial charge in [0.2, 0.25) is 5.91 Å². The fraction of sp³-hybridized carbons (Fsp3) is 0.893. The Hall–Kier alpha value is -1.66. The van der Waals surface area contributed by atoms with Gasteiger partial charge in [0.1, 0.15) is 0 Å². The molecule has 6 heteroatoms. The van der Waals surface area contributed by atoms with E-state index >= 15 is 0 Å². The highest BCUT2D eigenvalue weighted by molar-refractivity contribution is 5.76. The molecule has 0 aliphatic rings. The van der Waals surface area contributed by atoms with Gasteiger partial charge >= 0.3 is 5.97 Å². The summed E-state index contributed by atoms with van der Waals surface area (Å²) in [4.78, 5) is 24.5. The van der Waals surface area contributed by atoms with E-state index in [2.05, 4.69) is 31.3 Å². The van der Waals surface area contributed by atoms with Crippen molar-refractivity contribution in [1.29, 1.82) is 0 Å². The van der Waals surface area contributed by atoms with Gasteiger partial charge in [0, 0.05) is 12.8 Å². The Morgan fingerprint density at radius 3 is 1.18 bits per heavy atom. The van der Waals surface area contributed by atoms with E-state index in [1.54, 1.807) is 6.08 Å². The lowest BCUT2D eigenvalue weighted by Gasteiger charge is -2.19. The van der Waals surface area contributed by atoms with Crippen LogP contribution in [0.3, 0.4) is 0 Å². The van der Waals surface area contributed by atoms with Crippen molar-refractivity contribution < 1.29 is 24.5 Å². The lowest BCUT2D eigenvalue weighted by atomic mass is 10.0. The Kier molecular flexibility index (Phi) is 50.6. The molecule has 0 radical (unpaired) electrons. The third-order valence-corrected chi connectivity index (χ3v) is 12.7. The molecule has 2 atom stereocenters. The van der Waals surface area contributed by atoms with Crippen LogP contribution in [-0.4, -0.2) is 47.4 Å². The molecule has 3 N–H and O–H groups in total. The predicted octanol–water partition coefficient (Wildman–Crippen LogP) is 16.7. The van der Waals surface area contributed by atoms with Crippen LogP contribution in [0.4, 0.5) is 0 Å². The monoisotopic (exact) mass is 874 g/mol. The molecule has 0 aromatic rings. The Labute approximate surface area is 386 Å². The second-order valence-corrected chi connectivity index (χ2v) is 18.9. The van der Waals surface area contributed by atoms with Gasteiger partial charge in [0.15, 0.2) is 0 Å². The van der Waals surface area contributed by atoms with E-state index in [-0.39, 0.29) is 18.5 Å². The first-order chi connectivity index (χ1) is 30.5. The minimum Gasteiger partial charge on any atom is -0.466 e. The van der Waals surface area contributed by atoms with Crippen molar-refractivity contribution in [1.82, 2.24) is 5.32 Å². The number of nitrogens with one attached hydrogen (secondary N) is 1. The molecule has 0 spiro atoms. The smallest absolute Gasteiger partial charge is 0.305 e. The Bertz CT molecular complexity index is 966. The number of allylic oxidation sites excluding steroid dienone is 3. The second-order valence-electron chi connectivity index (χ2n) is 18.9. The molecule has 0 aliphatic carbocycles. The molecule has 0 heterocycles. The highest BCUT2D eigenvalue weighted by Crippen LogP contribution is 2.17. The molecule has 0 aromatic carbocycles. The lowest BCUT2D eigenvalue weighted by Crippen LogP contribution is -2.45. The number of carbonyl (C=O) groups excluding carboxylic acids is 2. The molecule has 0 saturated carbocycles. The van der Waals surface area contributed by atoms with E-state index < -0.39 is 12.1 Å². The standard InChI is InChI=1S/C56H107NO5/c1-3-5-7-9-11-13-15-17-19-21-23-25-27-29-32-36-40-44-48-54(59)53(52-58)57-55(60)49-45-41-37-33-31-35-39-43-47-51-62-56(61)50-46-42-38-34-30-28-26-24-22-20-18-16-14-12-10-8-6-4-2/h33,37,44,48,53-54,58-59H,3-32,34-36,38-43,45-47,49-52H2,1-2H3,(H,57,60)/b37-33-,48-44+. The zero-order chi connectivity index (χ0) is 45.1. The fourth-order valence-electron chi connectivity index (χ4n) is 8.46. The van der Waals surface area contributed by atoms with Crippen LogP contribution in [0.1, 0.15) is 296 Å². The van der Waals surface area contributed by atoms with E-state index in [0.717, 1.165) is 70.6 Å². The fourth-order valence-corrected chi connectivity index (χ4v) is 8.46. The normalized spacial score (nSPS) is 12.8. The molecule has 366 valence electrons. The maximum atomic E-state index is 12.4. The quantitative estimate of drug-likeness (QED) is 0.0321. The SMILES string of the molecule is CCCCCCCCCCCCCCCCCC/C=C/C(O)C(CO)NC(=O)CCC/C=C\CCCCCCOC(=O)CCCCCCCCCCCCCCCCCCCC. The highest BCUT2D eigenvalue weighted by atomic mass is 16.5. The van der Waals surface area contributed by atoms with E-state index in [4.69, 9.17) is 4.74 Å². The Balaban J connectivity index is 3.54. The van der Waals surface area contributed by atoms with Gasteiger partial charge in [-0.3, -0.25) is 9.59 Å². The number of rotatable bonds is 51. The summed E-state index contributed by atoms with van der Waals surface area (Å²) < 4.78 is 5.45. The number of ether oxygens (including phenoxy) is 1. The van der Waals surface area contributed by atoms with Gasteiger partial charge in [0.05, 0.1) is 25.4 Å². The van der Waals surface area contributed by atoms with E-state index in [1.165, 1.54) is 199 Å². The lowest BCUT2D eigenvalue weighted by molar-refractivity contribution is -0.143. The Morgan fingerprint density at radius 2 is 0.774 bits per heavy atom. The molecule has 62 heavy (non-hydrogen) atoms. The summed E-state index contributed by atoms with van der Waals surface area (Å²) in [6.07, 6.45) is 62.0. The van der Waals surface area contributed by atoms with E-state index in [0.29, 0.717) is 19.4 Å². The summed E-state index contributed by atoms with van der Waals surface area (Å²) in [5, 5.41) is 23.1. The molecule has 6 nitrogen and oxygen atoms in total. The van der Waals surface area contributed by atoms with Gasteiger partial charge in [-0.25, -0.2) is 0 Å². The molecule has 0 saturated heterocycles. The first-order valence-corrected chi connectivity index (χ1v) is 27.6. The van der Waals surface area contributed by atoms with Gasteiger partial charge < -0.3 is 20.3 Å². The zero-order valence-electron chi connectivity index (χ0n) is 41.6. The number of aliphatic hydroxyl groups excluding tert-OH is 2. The molecule has 0 rings (SSSR count). The minimum atomic E-state index is -0.875. The summed E-state index contributed by atoms with van der Waals surface area (Å²) in [6.45, 7) is 4.83. The average Bonchev–Trinajstić information content (AvgIpc) is 3.27. The minimum absolute atomic E-state index is 0.0334. The molecule has 0 aromatic heterocycles. The van der Waals surface area contributed by atoms with E-state index in [9.17, 15) is 19.8 Å². The maximum absolute atomic E-state index is 12.4. The number of amides is 1. The van der Waals surface area contributed by atoms with Crippen LogP contribution < -0.4 is 5.32 Å². The van der Waals surface area contributed by atoms with Crippen molar-refractivity contribution in [2.45, 2.75) is 309 Å². The maximum Gasteiger partial charge on any atom is 0.305 e. The highest BCUT2D eigenvalue weighted by Gasteiger charge is 2.18. The number of carbonyl (C=O) groups is 2. The van der Waals surface area contributed by atoms with Crippen molar-refractivity contribution >= 4 is 11.9 Å². The van der Waals surface area contributed by atoms with Crippen molar-refractivity contribution in [3.05, 3.63) is 24.3 Å². The van der Waals surface area contributed by atoms with Crippen molar-refractivity contribution in [3.63, 3.8) is 0 Å². The van der Waals surface area contributed by atoms with Crippen molar-refractivity contribution in [2.24, 2.45) is 0 Å². The zero-order valence-corrected chi connectivity index (χ0v) is 41.6. The predicted molar refractivity (Wildman–Crippen MR) is 269 cm³/mol. The van der Waals surface area contributed by atoms with Crippen LogP contribution in [0.2, 0.25) is 0 Å². The number of hydrogen-bond donors (Lipinski definition) is 3. The number of unbranched alkanes of at least 4 members (excludes halogenated alkanes) is 38. The Morgan fingerprint density at radius 1 is 0.435 bits per heavy atom.